The third-order valence-electron chi connectivity index (χ3n) is 4.70. The van der Waals surface area contributed by atoms with Crippen molar-refractivity contribution in [1.82, 2.24) is 25.2 Å². The highest BCUT2D eigenvalue weighted by Gasteiger charge is 2.27. The Bertz CT molecular complexity index is 943. The minimum atomic E-state index is -0.260. The maximum atomic E-state index is 12.7. The number of anilines is 1. The van der Waals surface area contributed by atoms with Crippen molar-refractivity contribution >= 4 is 38.6 Å². The predicted octanol–water partition coefficient (Wildman–Crippen LogP) is 1.12. The van der Waals surface area contributed by atoms with Crippen molar-refractivity contribution in [2.24, 2.45) is 5.92 Å². The average molecular weight is 421 g/mol. The lowest BCUT2D eigenvalue weighted by atomic mass is 9.96. The first-order valence-corrected chi connectivity index (χ1v) is 10.8. The lowest BCUT2D eigenvalue weighted by Crippen LogP contribution is -2.42. The highest BCUT2D eigenvalue weighted by molar-refractivity contribution is 7.22. The molecular weight excluding hydrogens is 392 g/mol. The fraction of sp³-hybridized carbons (Fsp3) is 0.632. The van der Waals surface area contributed by atoms with Crippen molar-refractivity contribution in [2.45, 2.75) is 59.2 Å². The van der Waals surface area contributed by atoms with E-state index in [0.29, 0.717) is 23.4 Å². The molecular formula is C19H28N6O3S. The van der Waals surface area contributed by atoms with E-state index in [1.165, 1.54) is 22.2 Å². The number of fused-ring (bicyclic) bond motifs is 1. The summed E-state index contributed by atoms with van der Waals surface area (Å²) >= 11 is 1.29. The summed E-state index contributed by atoms with van der Waals surface area (Å²) in [4.78, 5) is 47.8. The van der Waals surface area contributed by atoms with Crippen molar-refractivity contribution in [1.29, 1.82) is 0 Å². The van der Waals surface area contributed by atoms with Crippen molar-refractivity contribution < 1.29 is 9.59 Å². The van der Waals surface area contributed by atoms with Gasteiger partial charge < -0.3 is 15.5 Å². The average Bonchev–Trinajstić information content (AvgIpc) is 3.08. The summed E-state index contributed by atoms with van der Waals surface area (Å²) < 4.78 is 1.75. The zero-order valence-corrected chi connectivity index (χ0v) is 18.1. The van der Waals surface area contributed by atoms with Crippen LogP contribution in [0, 0.1) is 5.92 Å². The summed E-state index contributed by atoms with van der Waals surface area (Å²) in [5.41, 5.74) is 0.138. The molecule has 1 saturated heterocycles. The highest BCUT2D eigenvalue weighted by Crippen LogP contribution is 2.29. The number of piperidine rings is 1. The van der Waals surface area contributed by atoms with Crippen LogP contribution in [0.15, 0.2) is 11.1 Å². The number of carbonyl (C=O) groups excluding carboxylic acids is 2. The van der Waals surface area contributed by atoms with Crippen LogP contribution in [0.25, 0.3) is 10.3 Å². The Labute approximate surface area is 173 Å². The van der Waals surface area contributed by atoms with Crippen molar-refractivity contribution in [3.63, 3.8) is 0 Å². The molecule has 1 aliphatic heterocycles. The predicted molar refractivity (Wildman–Crippen MR) is 113 cm³/mol. The summed E-state index contributed by atoms with van der Waals surface area (Å²) in [5, 5.41) is 6.47. The van der Waals surface area contributed by atoms with Crippen LogP contribution in [0.1, 0.15) is 40.5 Å². The number of hydrogen-bond donors (Lipinski definition) is 2. The number of hydrogen-bond acceptors (Lipinski definition) is 7. The SMILES string of the molecule is CC(C)NC(=O)Cn1cnc2nc(N3CCC(C(=O)NC(C)C)CC3)sc2c1=O. The Morgan fingerprint density at radius 3 is 2.45 bits per heavy atom. The Kier molecular flexibility index (Phi) is 6.51. The van der Waals surface area contributed by atoms with E-state index in [1.54, 1.807) is 0 Å². The van der Waals surface area contributed by atoms with E-state index in [2.05, 4.69) is 25.5 Å². The van der Waals surface area contributed by atoms with Gasteiger partial charge in [0.15, 0.2) is 10.8 Å². The number of rotatable bonds is 6. The second-order valence-corrected chi connectivity index (χ2v) is 8.95. The molecule has 0 radical (unpaired) electrons. The molecule has 0 atom stereocenters. The molecule has 2 aromatic rings. The normalized spacial score (nSPS) is 15.3. The largest absolute Gasteiger partial charge is 0.354 e. The monoisotopic (exact) mass is 420 g/mol. The van der Waals surface area contributed by atoms with Crippen molar-refractivity contribution in [2.75, 3.05) is 18.0 Å². The van der Waals surface area contributed by atoms with E-state index in [0.717, 1.165) is 18.0 Å². The molecule has 1 fully saturated rings. The first-order chi connectivity index (χ1) is 13.7. The van der Waals surface area contributed by atoms with Gasteiger partial charge in [-0.15, -0.1) is 0 Å². The number of amides is 2. The van der Waals surface area contributed by atoms with Gasteiger partial charge in [-0.3, -0.25) is 19.0 Å². The minimum Gasteiger partial charge on any atom is -0.354 e. The maximum absolute atomic E-state index is 12.7. The van der Waals surface area contributed by atoms with Gasteiger partial charge in [-0.1, -0.05) is 11.3 Å². The maximum Gasteiger partial charge on any atom is 0.273 e. The summed E-state index contributed by atoms with van der Waals surface area (Å²) in [7, 11) is 0. The number of carbonyl (C=O) groups is 2. The standard InChI is InChI=1S/C19H28N6O3S/c1-11(2)21-14(26)9-25-10-20-16-15(18(25)28)29-19(23-16)24-7-5-13(6-8-24)17(27)22-12(3)4/h10-13H,5-9H2,1-4H3,(H,21,26)(H,22,27). The van der Waals surface area contributed by atoms with Gasteiger partial charge in [0.25, 0.3) is 5.56 Å². The van der Waals surface area contributed by atoms with Gasteiger partial charge in [-0.25, -0.2) is 4.98 Å². The van der Waals surface area contributed by atoms with Crippen molar-refractivity contribution in [3.8, 4) is 0 Å². The zero-order chi connectivity index (χ0) is 21.1. The van der Waals surface area contributed by atoms with Crippen LogP contribution in [-0.2, 0) is 16.1 Å². The molecule has 3 heterocycles. The molecule has 2 aromatic heterocycles. The van der Waals surface area contributed by atoms with E-state index >= 15 is 0 Å². The van der Waals surface area contributed by atoms with E-state index < -0.39 is 0 Å². The molecule has 10 heteroatoms. The topological polar surface area (TPSA) is 109 Å². The van der Waals surface area contributed by atoms with Crippen LogP contribution in [-0.4, -0.2) is 51.5 Å². The van der Waals surface area contributed by atoms with Gasteiger partial charge in [0.1, 0.15) is 17.6 Å². The van der Waals surface area contributed by atoms with Crippen molar-refractivity contribution in [3.05, 3.63) is 16.7 Å². The van der Waals surface area contributed by atoms with Gasteiger partial charge in [-0.2, -0.15) is 4.98 Å². The van der Waals surface area contributed by atoms with Crippen LogP contribution in [0.3, 0.4) is 0 Å². The fourth-order valence-electron chi connectivity index (χ4n) is 3.34. The zero-order valence-electron chi connectivity index (χ0n) is 17.3. The van der Waals surface area contributed by atoms with E-state index in [-0.39, 0.29) is 41.9 Å². The fourth-order valence-corrected chi connectivity index (χ4v) is 4.36. The summed E-state index contributed by atoms with van der Waals surface area (Å²) in [6.07, 6.45) is 2.87. The van der Waals surface area contributed by atoms with Crippen LogP contribution >= 0.6 is 11.3 Å². The molecule has 0 aliphatic carbocycles. The molecule has 0 saturated carbocycles. The number of thiazole rings is 1. The molecule has 2 amide bonds. The molecule has 0 spiro atoms. The molecule has 0 aromatic carbocycles. The summed E-state index contributed by atoms with van der Waals surface area (Å²) in [5.74, 6) is -0.110. The molecule has 29 heavy (non-hydrogen) atoms. The molecule has 9 nitrogen and oxygen atoms in total. The van der Waals surface area contributed by atoms with Gasteiger partial charge in [-0.05, 0) is 40.5 Å². The van der Waals surface area contributed by atoms with Gasteiger partial charge in [0.05, 0.1) is 0 Å². The van der Waals surface area contributed by atoms with Gasteiger partial charge in [0.2, 0.25) is 11.8 Å². The number of aromatic nitrogens is 3. The molecule has 0 bridgehead atoms. The first kappa shape index (κ1) is 21.2. The van der Waals surface area contributed by atoms with Crippen LogP contribution in [0.2, 0.25) is 0 Å². The van der Waals surface area contributed by atoms with Crippen LogP contribution < -0.4 is 21.1 Å². The Morgan fingerprint density at radius 1 is 1.17 bits per heavy atom. The van der Waals surface area contributed by atoms with Crippen LogP contribution in [0.4, 0.5) is 5.13 Å². The second-order valence-electron chi connectivity index (χ2n) is 7.97. The summed E-state index contributed by atoms with van der Waals surface area (Å²) in [6, 6.07) is 0.149. The molecule has 0 unspecified atom stereocenters. The minimum absolute atomic E-state index is 0.00967. The van der Waals surface area contributed by atoms with Gasteiger partial charge in [0, 0.05) is 31.1 Å². The third kappa shape index (κ3) is 5.11. The van der Waals surface area contributed by atoms with E-state index in [1.807, 2.05) is 27.7 Å². The molecule has 2 N–H and O–H groups in total. The number of nitrogens with zero attached hydrogens (tertiary/aromatic N) is 4. The molecule has 3 rings (SSSR count). The Morgan fingerprint density at radius 2 is 1.83 bits per heavy atom. The van der Waals surface area contributed by atoms with E-state index in [4.69, 9.17) is 0 Å². The van der Waals surface area contributed by atoms with Crippen LogP contribution in [0.5, 0.6) is 0 Å². The lowest BCUT2D eigenvalue weighted by Gasteiger charge is -2.31. The highest BCUT2D eigenvalue weighted by atomic mass is 32.1. The quantitative estimate of drug-likeness (QED) is 0.725. The Hall–Kier alpha value is -2.49. The second kappa shape index (κ2) is 8.89. The van der Waals surface area contributed by atoms with E-state index in [9.17, 15) is 14.4 Å². The number of nitrogens with one attached hydrogen (secondary N) is 2. The molecule has 1 aliphatic rings. The first-order valence-electron chi connectivity index (χ1n) is 9.95. The molecule has 158 valence electrons. The summed E-state index contributed by atoms with van der Waals surface area (Å²) in [6.45, 7) is 9.01. The lowest BCUT2D eigenvalue weighted by molar-refractivity contribution is -0.126. The smallest absolute Gasteiger partial charge is 0.273 e. The third-order valence-corrected chi connectivity index (χ3v) is 5.80. The Balaban J connectivity index is 1.71. The van der Waals surface area contributed by atoms with Gasteiger partial charge >= 0.3 is 0 Å².